The molecule has 1 aromatic carbocycles. The van der Waals surface area contributed by atoms with Crippen molar-refractivity contribution in [3.05, 3.63) is 77.4 Å². The van der Waals surface area contributed by atoms with E-state index >= 15 is 0 Å². The van der Waals surface area contributed by atoms with Gasteiger partial charge in [-0.1, -0.05) is 18.2 Å². The summed E-state index contributed by atoms with van der Waals surface area (Å²) in [6, 6.07) is 13.8. The van der Waals surface area contributed by atoms with Gasteiger partial charge in [-0.3, -0.25) is 9.78 Å². The minimum absolute atomic E-state index is 0.0251. The number of amides is 1. The largest absolute Gasteiger partial charge is 0.378 e. The molecule has 1 atom stereocenters. The second-order valence-electron chi connectivity index (χ2n) is 6.40. The smallest absolute Gasteiger partial charge is 0.251 e. The third-order valence-electron chi connectivity index (χ3n) is 4.32. The van der Waals surface area contributed by atoms with E-state index in [9.17, 15) is 13.2 Å². The summed E-state index contributed by atoms with van der Waals surface area (Å²) in [6.07, 6.45) is 3.05. The van der Waals surface area contributed by atoms with Gasteiger partial charge in [-0.25, -0.2) is 8.42 Å². The summed E-state index contributed by atoms with van der Waals surface area (Å²) in [5.74, 6) is -0.335. The molecule has 8 heteroatoms. The lowest BCUT2D eigenvalue weighted by Crippen LogP contribution is -2.31. The highest BCUT2D eigenvalue weighted by Gasteiger charge is 2.30. The van der Waals surface area contributed by atoms with Crippen LogP contribution in [-0.2, 0) is 9.84 Å². The molecular formula is C20H21N3O3S2. The zero-order valence-corrected chi connectivity index (χ0v) is 17.2. The number of pyridine rings is 1. The average molecular weight is 416 g/mol. The van der Waals surface area contributed by atoms with Crippen molar-refractivity contribution in [3.8, 4) is 0 Å². The van der Waals surface area contributed by atoms with Gasteiger partial charge in [0.15, 0.2) is 9.84 Å². The maximum atomic E-state index is 13.2. The van der Waals surface area contributed by atoms with Crippen molar-refractivity contribution in [2.75, 3.05) is 25.5 Å². The minimum atomic E-state index is -3.64. The number of rotatable bonds is 7. The number of carbonyl (C=O) groups is 1. The van der Waals surface area contributed by atoms with Crippen molar-refractivity contribution in [1.29, 1.82) is 0 Å². The molecule has 0 spiro atoms. The molecular weight excluding hydrogens is 394 g/mol. The Balaban J connectivity index is 1.89. The first-order valence-corrected chi connectivity index (χ1v) is 11.0. The van der Waals surface area contributed by atoms with E-state index in [0.29, 0.717) is 11.1 Å². The molecule has 0 fully saturated rings. The molecule has 0 unspecified atom stereocenters. The molecule has 0 aliphatic carbocycles. The Bertz CT molecular complexity index is 1020. The molecule has 3 rings (SSSR count). The summed E-state index contributed by atoms with van der Waals surface area (Å²) in [6.45, 7) is -0.0251. The first-order valence-electron chi connectivity index (χ1n) is 8.62. The van der Waals surface area contributed by atoms with Crippen LogP contribution in [0.15, 0.2) is 70.5 Å². The van der Waals surface area contributed by atoms with Crippen LogP contribution in [-0.4, -0.2) is 39.9 Å². The summed E-state index contributed by atoms with van der Waals surface area (Å²) in [5, 5.41) is 3.60. The quantitative estimate of drug-likeness (QED) is 0.641. The van der Waals surface area contributed by atoms with E-state index in [2.05, 4.69) is 10.3 Å². The van der Waals surface area contributed by atoms with Crippen molar-refractivity contribution >= 4 is 32.8 Å². The molecule has 0 aliphatic heterocycles. The Morgan fingerprint density at radius 2 is 1.79 bits per heavy atom. The van der Waals surface area contributed by atoms with Gasteiger partial charge in [-0.2, -0.15) is 0 Å². The Morgan fingerprint density at radius 3 is 2.36 bits per heavy atom. The number of hydrogen-bond donors (Lipinski definition) is 1. The van der Waals surface area contributed by atoms with Gasteiger partial charge < -0.3 is 10.2 Å². The van der Waals surface area contributed by atoms with Crippen molar-refractivity contribution < 1.29 is 13.2 Å². The van der Waals surface area contributed by atoms with E-state index in [1.165, 1.54) is 23.7 Å². The predicted octanol–water partition coefficient (Wildman–Crippen LogP) is 3.15. The topological polar surface area (TPSA) is 79.4 Å². The lowest BCUT2D eigenvalue weighted by atomic mass is 10.1. The predicted molar refractivity (Wildman–Crippen MR) is 112 cm³/mol. The molecule has 3 aromatic rings. The normalized spacial score (nSPS) is 12.4. The minimum Gasteiger partial charge on any atom is -0.378 e. The first-order chi connectivity index (χ1) is 13.4. The van der Waals surface area contributed by atoms with E-state index in [4.69, 9.17) is 0 Å². The van der Waals surface area contributed by atoms with Crippen LogP contribution in [0.2, 0.25) is 0 Å². The number of hydrogen-bond acceptors (Lipinski definition) is 6. The van der Waals surface area contributed by atoms with Crippen molar-refractivity contribution in [2.24, 2.45) is 0 Å². The van der Waals surface area contributed by atoms with Crippen LogP contribution < -0.4 is 10.2 Å². The van der Waals surface area contributed by atoms with E-state index in [1.807, 2.05) is 31.1 Å². The SMILES string of the molecule is CN(C)c1ccc([C@H](CNC(=O)c2ccncc2)S(=O)(=O)c2cccs2)cc1. The van der Waals surface area contributed by atoms with Gasteiger partial charge in [0.05, 0.1) is 0 Å². The van der Waals surface area contributed by atoms with Crippen LogP contribution in [0.4, 0.5) is 5.69 Å². The van der Waals surface area contributed by atoms with Gasteiger partial charge in [-0.05, 0) is 41.3 Å². The molecule has 2 aromatic heterocycles. The van der Waals surface area contributed by atoms with Crippen LogP contribution in [0.25, 0.3) is 0 Å². The van der Waals surface area contributed by atoms with Gasteiger partial charge in [0.1, 0.15) is 9.46 Å². The standard InChI is InChI=1S/C20H21N3O3S2/c1-23(2)17-7-5-15(6-8-17)18(28(25,26)19-4-3-13-27-19)14-22-20(24)16-9-11-21-12-10-16/h3-13,18H,14H2,1-2H3,(H,22,24)/t18-/m0/s1. The lowest BCUT2D eigenvalue weighted by molar-refractivity contribution is 0.0953. The summed E-state index contributed by atoms with van der Waals surface area (Å²) in [4.78, 5) is 18.2. The molecule has 1 N–H and O–H groups in total. The highest BCUT2D eigenvalue weighted by molar-refractivity contribution is 7.93. The molecule has 0 bridgehead atoms. The second kappa shape index (κ2) is 8.53. The van der Waals surface area contributed by atoms with E-state index < -0.39 is 15.1 Å². The van der Waals surface area contributed by atoms with Gasteiger partial charge >= 0.3 is 0 Å². The molecule has 0 radical (unpaired) electrons. The molecule has 0 aliphatic rings. The third kappa shape index (κ3) is 4.40. The number of aromatic nitrogens is 1. The fourth-order valence-corrected chi connectivity index (χ4v) is 5.62. The maximum Gasteiger partial charge on any atom is 0.251 e. The molecule has 146 valence electrons. The Kier molecular flexibility index (Phi) is 6.11. The van der Waals surface area contributed by atoms with E-state index in [1.54, 1.807) is 41.8 Å². The fraction of sp³-hybridized carbons (Fsp3) is 0.200. The highest BCUT2D eigenvalue weighted by atomic mass is 32.2. The number of nitrogens with one attached hydrogen (secondary N) is 1. The van der Waals surface area contributed by atoms with Crippen LogP contribution in [0.3, 0.4) is 0 Å². The number of carbonyl (C=O) groups excluding carboxylic acids is 1. The number of benzene rings is 1. The molecule has 28 heavy (non-hydrogen) atoms. The number of nitrogens with zero attached hydrogens (tertiary/aromatic N) is 2. The van der Waals surface area contributed by atoms with Crippen molar-refractivity contribution in [2.45, 2.75) is 9.46 Å². The average Bonchev–Trinajstić information content (AvgIpc) is 3.24. The van der Waals surface area contributed by atoms with Crippen LogP contribution in [0, 0.1) is 0 Å². The first kappa shape index (κ1) is 20.0. The number of sulfone groups is 1. The maximum absolute atomic E-state index is 13.2. The number of thiophene rings is 1. The van der Waals surface area contributed by atoms with Gasteiger partial charge in [0.2, 0.25) is 0 Å². The van der Waals surface area contributed by atoms with Gasteiger partial charge in [-0.15, -0.1) is 11.3 Å². The van der Waals surface area contributed by atoms with Crippen LogP contribution >= 0.6 is 11.3 Å². The second-order valence-corrected chi connectivity index (χ2v) is 9.70. The molecule has 6 nitrogen and oxygen atoms in total. The van der Waals surface area contributed by atoms with Crippen molar-refractivity contribution in [3.63, 3.8) is 0 Å². The highest BCUT2D eigenvalue weighted by Crippen LogP contribution is 2.32. The summed E-state index contributed by atoms with van der Waals surface area (Å²) >= 11 is 1.17. The van der Waals surface area contributed by atoms with Crippen LogP contribution in [0.1, 0.15) is 21.2 Å². The van der Waals surface area contributed by atoms with E-state index in [-0.39, 0.29) is 16.7 Å². The third-order valence-corrected chi connectivity index (χ3v) is 7.85. The Morgan fingerprint density at radius 1 is 1.11 bits per heavy atom. The summed E-state index contributed by atoms with van der Waals surface area (Å²) in [5.41, 5.74) is 2.04. The van der Waals surface area contributed by atoms with Crippen molar-refractivity contribution in [1.82, 2.24) is 10.3 Å². The molecule has 2 heterocycles. The summed E-state index contributed by atoms with van der Waals surface area (Å²) in [7, 11) is 0.197. The molecule has 0 saturated carbocycles. The Hall–Kier alpha value is -2.71. The molecule has 1 amide bonds. The monoisotopic (exact) mass is 415 g/mol. The molecule has 0 saturated heterocycles. The van der Waals surface area contributed by atoms with Crippen LogP contribution in [0.5, 0.6) is 0 Å². The zero-order chi connectivity index (χ0) is 20.1. The van der Waals surface area contributed by atoms with Gasteiger partial charge in [0, 0.05) is 44.3 Å². The Labute approximate surface area is 168 Å². The fourth-order valence-electron chi connectivity index (χ4n) is 2.75. The zero-order valence-electron chi connectivity index (χ0n) is 15.6. The summed E-state index contributed by atoms with van der Waals surface area (Å²) < 4.78 is 26.7. The number of anilines is 1. The van der Waals surface area contributed by atoms with Gasteiger partial charge in [0.25, 0.3) is 5.91 Å². The lowest BCUT2D eigenvalue weighted by Gasteiger charge is -2.20. The van der Waals surface area contributed by atoms with E-state index in [0.717, 1.165) is 5.69 Å².